The van der Waals surface area contributed by atoms with Gasteiger partial charge in [-0.1, -0.05) is 12.1 Å². The number of fused-ring (bicyclic) bond motifs is 1. The number of imidazole rings is 1. The Morgan fingerprint density at radius 3 is 2.41 bits per heavy atom. The van der Waals surface area contributed by atoms with Crippen molar-refractivity contribution in [1.82, 2.24) is 14.1 Å². The van der Waals surface area contributed by atoms with Gasteiger partial charge in [-0.05, 0) is 74.0 Å². The van der Waals surface area contributed by atoms with Gasteiger partial charge in [-0.15, -0.1) is 0 Å². The third-order valence-electron chi connectivity index (χ3n) is 7.54. The molecule has 1 aliphatic rings. The molecule has 3 amide bonds. The van der Waals surface area contributed by atoms with Gasteiger partial charge in [0.25, 0.3) is 5.91 Å². The molecule has 0 atom stereocenters. The quantitative estimate of drug-likeness (QED) is 0.134. The molecule has 0 saturated carbocycles. The molecule has 2 aromatic heterocycles. The first-order chi connectivity index (χ1) is 23.3. The predicted octanol–water partition coefficient (Wildman–Crippen LogP) is 6.84. The number of aliphatic imine (C=N–C) groups is 1. The highest BCUT2D eigenvalue weighted by Gasteiger charge is 2.32. The van der Waals surface area contributed by atoms with Crippen molar-refractivity contribution in [2.24, 2.45) is 4.99 Å². The number of anilines is 5. The van der Waals surface area contributed by atoms with Crippen molar-refractivity contribution in [3.8, 4) is 5.69 Å². The molecule has 3 aromatic carbocycles. The minimum Gasteiger partial charge on any atom is -0.351 e. The van der Waals surface area contributed by atoms with Crippen LogP contribution in [0.1, 0.15) is 39.7 Å². The molecule has 1 aliphatic heterocycles. The number of hydrogen-bond acceptors (Lipinski definition) is 7. The molecule has 0 radical (unpaired) electrons. The number of carbonyl (C=O) groups is 3. The molecule has 6 rings (SSSR count). The Morgan fingerprint density at radius 1 is 0.898 bits per heavy atom. The second kappa shape index (κ2) is 13.0. The summed E-state index contributed by atoms with van der Waals surface area (Å²) >= 11 is 0. The number of benzene rings is 3. The molecule has 15 heteroatoms. The number of amides is 3. The monoisotopic (exact) mass is 669 g/mol. The molecule has 0 bridgehead atoms. The Balaban J connectivity index is 1.19. The first kappa shape index (κ1) is 32.6. The normalized spacial score (nSPS) is 12.3. The summed E-state index contributed by atoms with van der Waals surface area (Å²) in [6, 6.07) is 16.2. The van der Waals surface area contributed by atoms with Gasteiger partial charge >= 0.3 is 12.2 Å². The summed E-state index contributed by atoms with van der Waals surface area (Å²) in [7, 11) is 0. The Labute approximate surface area is 278 Å². The van der Waals surface area contributed by atoms with Gasteiger partial charge in [0, 0.05) is 53.3 Å². The molecule has 3 heterocycles. The summed E-state index contributed by atoms with van der Waals surface area (Å²) in [4.78, 5) is 46.7. The van der Waals surface area contributed by atoms with Crippen LogP contribution >= 0.6 is 0 Å². The number of halogens is 3. The van der Waals surface area contributed by atoms with Crippen molar-refractivity contribution in [1.29, 1.82) is 0 Å². The minimum atomic E-state index is -4.68. The Bertz CT molecular complexity index is 2130. The fraction of sp³-hybridized carbons (Fsp3) is 0.147. The van der Waals surface area contributed by atoms with Gasteiger partial charge in [-0.3, -0.25) is 14.2 Å². The van der Waals surface area contributed by atoms with Crippen LogP contribution < -0.4 is 26.6 Å². The van der Waals surface area contributed by atoms with Gasteiger partial charge < -0.3 is 31.2 Å². The molecule has 0 aliphatic carbocycles. The van der Waals surface area contributed by atoms with Crippen LogP contribution in [0, 0.1) is 13.8 Å². The van der Waals surface area contributed by atoms with Crippen LogP contribution in [0.15, 0.2) is 90.4 Å². The van der Waals surface area contributed by atoms with Crippen molar-refractivity contribution >= 4 is 52.2 Å². The summed E-state index contributed by atoms with van der Waals surface area (Å²) in [6.07, 6.45) is -0.175. The molecule has 5 aromatic rings. The van der Waals surface area contributed by atoms with Crippen molar-refractivity contribution in [2.75, 3.05) is 33.3 Å². The second-order valence-corrected chi connectivity index (χ2v) is 11.3. The van der Waals surface area contributed by atoms with E-state index in [1.54, 1.807) is 62.6 Å². The van der Waals surface area contributed by atoms with Gasteiger partial charge in [0.2, 0.25) is 5.91 Å². The summed E-state index contributed by atoms with van der Waals surface area (Å²) in [6.45, 7) is 5.08. The van der Waals surface area contributed by atoms with E-state index in [-0.39, 0.29) is 29.5 Å². The Kier molecular flexibility index (Phi) is 8.65. The largest absolute Gasteiger partial charge is 0.416 e. The number of nitrogens with zero attached hydrogens (tertiary/aromatic N) is 4. The highest BCUT2D eigenvalue weighted by Crippen LogP contribution is 2.32. The lowest BCUT2D eigenvalue weighted by atomic mass is 10.1. The lowest BCUT2D eigenvalue weighted by Gasteiger charge is -2.19. The van der Waals surface area contributed by atoms with Gasteiger partial charge in [-0.2, -0.15) is 13.2 Å². The molecule has 49 heavy (non-hydrogen) atoms. The number of hydrogen-bond donors (Lipinski definition) is 5. The maximum Gasteiger partial charge on any atom is 0.416 e. The van der Waals surface area contributed by atoms with E-state index in [9.17, 15) is 27.6 Å². The second-order valence-electron chi connectivity index (χ2n) is 11.3. The SMILES string of the molecule is CC(=O)Nc1cccc(NC2=NCNc3c2ccn3C(=O)Nc2cc(NC(=O)c3cc(-n4cnc(C)c4)cc(C(F)(F)F)c3)ccc2C)c1. The van der Waals surface area contributed by atoms with E-state index in [0.717, 1.165) is 12.1 Å². The number of amidine groups is 1. The van der Waals surface area contributed by atoms with Gasteiger partial charge in [0.15, 0.2) is 0 Å². The summed E-state index contributed by atoms with van der Waals surface area (Å²) in [5.41, 5.74) is 2.79. The smallest absolute Gasteiger partial charge is 0.351 e. The number of nitrogens with one attached hydrogen (secondary N) is 5. The molecule has 0 saturated heterocycles. The van der Waals surface area contributed by atoms with Crippen molar-refractivity contribution < 1.29 is 27.6 Å². The van der Waals surface area contributed by atoms with Crippen LogP contribution in [0.4, 0.5) is 46.5 Å². The lowest BCUT2D eigenvalue weighted by molar-refractivity contribution is -0.137. The first-order valence-corrected chi connectivity index (χ1v) is 15.0. The van der Waals surface area contributed by atoms with E-state index in [0.29, 0.717) is 45.5 Å². The van der Waals surface area contributed by atoms with Crippen molar-refractivity contribution in [2.45, 2.75) is 26.9 Å². The molecular formula is C34H30F3N9O3. The van der Waals surface area contributed by atoms with Crippen LogP contribution in [-0.4, -0.2) is 44.5 Å². The predicted molar refractivity (Wildman–Crippen MR) is 181 cm³/mol. The van der Waals surface area contributed by atoms with Crippen molar-refractivity contribution in [3.63, 3.8) is 0 Å². The molecule has 250 valence electrons. The molecule has 5 N–H and O–H groups in total. The molecule has 0 fully saturated rings. The molecule has 0 spiro atoms. The van der Waals surface area contributed by atoms with Crippen LogP contribution in [0.2, 0.25) is 0 Å². The zero-order valence-electron chi connectivity index (χ0n) is 26.4. The Hall–Kier alpha value is -6.38. The van der Waals surface area contributed by atoms with Crippen LogP contribution in [0.3, 0.4) is 0 Å². The zero-order chi connectivity index (χ0) is 34.9. The van der Waals surface area contributed by atoms with Crippen LogP contribution in [0.25, 0.3) is 5.69 Å². The third kappa shape index (κ3) is 7.30. The highest BCUT2D eigenvalue weighted by atomic mass is 19.4. The standard InChI is InChI=1S/C34H30F3N9O3/c1-19-7-8-26(43-32(48)22-11-23(34(35,36)37)13-27(12-22)45-16-20(2)40-18-45)15-29(19)44-33(49)46-10-9-28-30(38-17-39-31(28)46)42-25-6-4-5-24(14-25)41-21(3)47/h4-16,18,39H,17H2,1-3H3,(H,38,42)(H,41,47)(H,43,48)(H,44,49). The maximum atomic E-state index is 13.7. The topological polar surface area (TPSA) is 146 Å². The Morgan fingerprint density at radius 2 is 1.67 bits per heavy atom. The third-order valence-corrected chi connectivity index (χ3v) is 7.54. The fourth-order valence-corrected chi connectivity index (χ4v) is 5.20. The number of aromatic nitrogens is 3. The number of rotatable bonds is 6. The average Bonchev–Trinajstić information content (AvgIpc) is 3.69. The van der Waals surface area contributed by atoms with Crippen LogP contribution in [0.5, 0.6) is 0 Å². The average molecular weight is 670 g/mol. The summed E-state index contributed by atoms with van der Waals surface area (Å²) < 4.78 is 44.0. The highest BCUT2D eigenvalue weighted by molar-refractivity contribution is 6.14. The van der Waals surface area contributed by atoms with E-state index in [1.165, 1.54) is 34.5 Å². The van der Waals surface area contributed by atoms with Crippen LogP contribution in [-0.2, 0) is 11.0 Å². The van der Waals surface area contributed by atoms with Gasteiger partial charge in [-0.25, -0.2) is 14.8 Å². The first-order valence-electron chi connectivity index (χ1n) is 15.0. The molecule has 0 unspecified atom stereocenters. The van der Waals surface area contributed by atoms with E-state index >= 15 is 0 Å². The lowest BCUT2D eigenvalue weighted by Crippen LogP contribution is -2.26. The summed E-state index contributed by atoms with van der Waals surface area (Å²) in [5.74, 6) is 0.0393. The minimum absolute atomic E-state index is 0.128. The van der Waals surface area contributed by atoms with E-state index < -0.39 is 23.7 Å². The number of aryl methyl sites for hydroxylation is 2. The van der Waals surface area contributed by atoms with E-state index in [2.05, 4.69) is 36.6 Å². The van der Waals surface area contributed by atoms with Gasteiger partial charge in [0.05, 0.1) is 23.1 Å². The van der Waals surface area contributed by atoms with E-state index in [1.807, 2.05) is 6.07 Å². The molecule has 12 nitrogen and oxygen atoms in total. The zero-order valence-corrected chi connectivity index (χ0v) is 26.4. The van der Waals surface area contributed by atoms with E-state index in [4.69, 9.17) is 0 Å². The number of carbonyl (C=O) groups excluding carboxylic acids is 3. The number of alkyl halides is 3. The summed E-state index contributed by atoms with van der Waals surface area (Å²) in [5, 5.41) is 14.6. The fourth-order valence-electron chi connectivity index (χ4n) is 5.20. The molecular weight excluding hydrogens is 639 g/mol. The van der Waals surface area contributed by atoms with Crippen molar-refractivity contribution in [3.05, 3.63) is 113 Å². The van der Waals surface area contributed by atoms with Gasteiger partial charge in [0.1, 0.15) is 18.3 Å². The maximum absolute atomic E-state index is 13.7.